The average molecular weight is 381 g/mol. The summed E-state index contributed by atoms with van der Waals surface area (Å²) in [6.45, 7) is 0.939. The Hall–Kier alpha value is -3.46. The molecular formula is C19H19N5O4. The quantitative estimate of drug-likeness (QED) is 0.502. The highest BCUT2D eigenvalue weighted by atomic mass is 16.6. The molecule has 1 aliphatic rings. The SMILES string of the molecule is O=C(Nc1cccc(CNc2nc3ccccn3c2[N+](=O)[O-])c1)C1CCCO1. The van der Waals surface area contributed by atoms with Crippen molar-refractivity contribution in [1.82, 2.24) is 9.38 Å². The van der Waals surface area contributed by atoms with Crippen LogP contribution in [0.5, 0.6) is 0 Å². The maximum Gasteiger partial charge on any atom is 0.372 e. The summed E-state index contributed by atoms with van der Waals surface area (Å²) in [6.07, 6.45) is 2.82. The number of nitro groups is 1. The van der Waals surface area contributed by atoms with Gasteiger partial charge in [0.25, 0.3) is 5.91 Å². The van der Waals surface area contributed by atoms with Crippen molar-refractivity contribution in [3.63, 3.8) is 0 Å². The van der Waals surface area contributed by atoms with Gasteiger partial charge in [-0.25, -0.2) is 0 Å². The lowest BCUT2D eigenvalue weighted by molar-refractivity contribution is -0.389. The van der Waals surface area contributed by atoms with E-state index in [-0.39, 0.29) is 17.5 Å². The van der Waals surface area contributed by atoms with E-state index in [4.69, 9.17) is 4.74 Å². The number of fused-ring (bicyclic) bond motifs is 1. The van der Waals surface area contributed by atoms with Crippen molar-refractivity contribution in [1.29, 1.82) is 0 Å². The van der Waals surface area contributed by atoms with E-state index in [1.807, 2.05) is 18.2 Å². The van der Waals surface area contributed by atoms with Crippen LogP contribution in [0.3, 0.4) is 0 Å². The summed E-state index contributed by atoms with van der Waals surface area (Å²) >= 11 is 0. The molecule has 0 spiro atoms. The molecule has 1 amide bonds. The van der Waals surface area contributed by atoms with E-state index in [1.165, 1.54) is 4.40 Å². The number of aromatic nitrogens is 2. The number of nitrogens with zero attached hydrogens (tertiary/aromatic N) is 3. The van der Waals surface area contributed by atoms with Crippen LogP contribution in [0.2, 0.25) is 0 Å². The van der Waals surface area contributed by atoms with Crippen molar-refractivity contribution in [2.24, 2.45) is 0 Å². The normalized spacial score (nSPS) is 16.2. The number of benzene rings is 1. The van der Waals surface area contributed by atoms with Gasteiger partial charge < -0.3 is 25.5 Å². The Morgan fingerprint density at radius 1 is 1.32 bits per heavy atom. The third-order valence-electron chi connectivity index (χ3n) is 4.55. The molecule has 28 heavy (non-hydrogen) atoms. The minimum Gasteiger partial charge on any atom is -0.368 e. The molecule has 9 heteroatoms. The van der Waals surface area contributed by atoms with Crippen molar-refractivity contribution in [2.75, 3.05) is 17.2 Å². The maximum absolute atomic E-state index is 12.2. The minimum absolute atomic E-state index is 0.113. The first-order chi connectivity index (χ1) is 13.6. The van der Waals surface area contributed by atoms with Gasteiger partial charge in [0.15, 0.2) is 0 Å². The fourth-order valence-electron chi connectivity index (χ4n) is 3.23. The summed E-state index contributed by atoms with van der Waals surface area (Å²) in [4.78, 5) is 27.5. The Balaban J connectivity index is 1.48. The van der Waals surface area contributed by atoms with Gasteiger partial charge in [0.2, 0.25) is 11.5 Å². The molecule has 3 aromatic rings. The third kappa shape index (κ3) is 3.65. The molecule has 1 aliphatic heterocycles. The number of rotatable bonds is 6. The standard InChI is InChI=1S/C19H19N5O4/c25-18(15-7-4-10-28-15)21-14-6-3-5-13(11-14)12-20-17-19(24(26)27)23-9-2-1-8-16(23)22-17/h1-3,5-6,8-9,11,15,20H,4,7,10,12H2,(H,21,25). The first kappa shape index (κ1) is 17.9. The highest BCUT2D eigenvalue weighted by molar-refractivity contribution is 5.94. The van der Waals surface area contributed by atoms with Crippen LogP contribution in [0.4, 0.5) is 17.3 Å². The number of carbonyl (C=O) groups is 1. The highest BCUT2D eigenvalue weighted by Crippen LogP contribution is 2.26. The Morgan fingerprint density at radius 3 is 3.00 bits per heavy atom. The first-order valence-electron chi connectivity index (χ1n) is 8.98. The lowest BCUT2D eigenvalue weighted by Crippen LogP contribution is -2.26. The van der Waals surface area contributed by atoms with Crippen LogP contribution in [-0.4, -0.2) is 32.9 Å². The molecule has 2 aromatic heterocycles. The summed E-state index contributed by atoms with van der Waals surface area (Å²) in [5.41, 5.74) is 2.01. The van der Waals surface area contributed by atoms with E-state index < -0.39 is 11.0 Å². The number of pyridine rings is 1. The van der Waals surface area contributed by atoms with Gasteiger partial charge in [-0.2, -0.15) is 9.38 Å². The van der Waals surface area contributed by atoms with Gasteiger partial charge in [0, 0.05) is 24.9 Å². The van der Waals surface area contributed by atoms with Gasteiger partial charge >= 0.3 is 5.82 Å². The number of hydrogen-bond donors (Lipinski definition) is 2. The molecule has 3 heterocycles. The molecule has 2 N–H and O–H groups in total. The van der Waals surface area contributed by atoms with Crippen LogP contribution in [0.15, 0.2) is 48.7 Å². The number of carbonyl (C=O) groups excluding carboxylic acids is 1. The van der Waals surface area contributed by atoms with Crippen LogP contribution in [-0.2, 0) is 16.1 Å². The Bertz CT molecular complexity index is 1030. The van der Waals surface area contributed by atoms with E-state index in [2.05, 4.69) is 15.6 Å². The number of amides is 1. The predicted octanol–water partition coefficient (Wildman–Crippen LogP) is 2.97. The molecule has 9 nitrogen and oxygen atoms in total. The summed E-state index contributed by atoms with van der Waals surface area (Å²) in [7, 11) is 0. The maximum atomic E-state index is 12.2. The number of hydrogen-bond acceptors (Lipinski definition) is 6. The van der Waals surface area contributed by atoms with Gasteiger partial charge in [0.1, 0.15) is 6.10 Å². The van der Waals surface area contributed by atoms with Gasteiger partial charge in [-0.15, -0.1) is 0 Å². The minimum atomic E-state index is -0.458. The largest absolute Gasteiger partial charge is 0.372 e. The molecule has 1 unspecified atom stereocenters. The monoisotopic (exact) mass is 381 g/mol. The molecule has 1 fully saturated rings. The molecule has 0 aliphatic carbocycles. The van der Waals surface area contributed by atoms with Crippen LogP contribution >= 0.6 is 0 Å². The van der Waals surface area contributed by atoms with E-state index >= 15 is 0 Å². The fraction of sp³-hybridized carbons (Fsp3) is 0.263. The number of anilines is 2. The van der Waals surface area contributed by atoms with Crippen molar-refractivity contribution in [2.45, 2.75) is 25.5 Å². The Kier molecular flexibility index (Phi) is 4.90. The summed E-state index contributed by atoms with van der Waals surface area (Å²) < 4.78 is 6.82. The van der Waals surface area contributed by atoms with Gasteiger partial charge in [-0.3, -0.25) is 4.79 Å². The molecule has 144 valence electrons. The topological polar surface area (TPSA) is 111 Å². The van der Waals surface area contributed by atoms with E-state index in [1.54, 1.807) is 30.5 Å². The number of imidazole rings is 1. The average Bonchev–Trinajstić information content (AvgIpc) is 3.34. The Morgan fingerprint density at radius 2 is 2.21 bits per heavy atom. The fourth-order valence-corrected chi connectivity index (χ4v) is 3.23. The zero-order valence-corrected chi connectivity index (χ0v) is 15.0. The smallest absolute Gasteiger partial charge is 0.368 e. The second-order valence-corrected chi connectivity index (χ2v) is 6.51. The summed E-state index contributed by atoms with van der Waals surface area (Å²) in [6, 6.07) is 12.5. The molecule has 1 saturated heterocycles. The molecule has 0 bridgehead atoms. The van der Waals surface area contributed by atoms with Gasteiger partial charge in [0.05, 0.1) is 6.20 Å². The van der Waals surface area contributed by atoms with Crippen LogP contribution < -0.4 is 10.6 Å². The zero-order valence-electron chi connectivity index (χ0n) is 15.0. The van der Waals surface area contributed by atoms with Crippen LogP contribution in [0.25, 0.3) is 5.65 Å². The third-order valence-corrected chi connectivity index (χ3v) is 4.55. The lowest BCUT2D eigenvalue weighted by Gasteiger charge is -2.11. The first-order valence-corrected chi connectivity index (χ1v) is 8.98. The predicted molar refractivity (Wildman–Crippen MR) is 103 cm³/mol. The van der Waals surface area contributed by atoms with E-state index in [0.717, 1.165) is 18.4 Å². The van der Waals surface area contributed by atoms with Crippen molar-refractivity contribution in [3.05, 3.63) is 64.3 Å². The van der Waals surface area contributed by atoms with E-state index in [0.29, 0.717) is 24.5 Å². The molecule has 1 atom stereocenters. The van der Waals surface area contributed by atoms with Gasteiger partial charge in [-0.05, 0) is 41.5 Å². The summed E-state index contributed by atoms with van der Waals surface area (Å²) in [5.74, 6) is -0.0676. The number of ether oxygens (including phenoxy) is 1. The molecule has 0 radical (unpaired) electrons. The van der Waals surface area contributed by atoms with Crippen LogP contribution in [0.1, 0.15) is 18.4 Å². The van der Waals surface area contributed by atoms with Crippen LogP contribution in [0, 0.1) is 10.1 Å². The van der Waals surface area contributed by atoms with Crippen molar-refractivity contribution >= 4 is 28.9 Å². The molecular weight excluding hydrogens is 362 g/mol. The molecule has 4 rings (SSSR count). The Labute approximate surface area is 160 Å². The van der Waals surface area contributed by atoms with E-state index in [9.17, 15) is 14.9 Å². The molecule has 1 aromatic carbocycles. The number of nitrogens with one attached hydrogen (secondary N) is 2. The highest BCUT2D eigenvalue weighted by Gasteiger charge is 2.24. The molecule has 0 saturated carbocycles. The second kappa shape index (κ2) is 7.65. The van der Waals surface area contributed by atoms with Crippen molar-refractivity contribution in [3.8, 4) is 0 Å². The second-order valence-electron chi connectivity index (χ2n) is 6.51. The zero-order chi connectivity index (χ0) is 19.5. The van der Waals surface area contributed by atoms with Crippen molar-refractivity contribution < 1.29 is 14.5 Å². The lowest BCUT2D eigenvalue weighted by atomic mass is 10.2. The van der Waals surface area contributed by atoms with Gasteiger partial charge in [-0.1, -0.05) is 18.2 Å². The summed E-state index contributed by atoms with van der Waals surface area (Å²) in [5, 5.41) is 17.3.